The van der Waals surface area contributed by atoms with Gasteiger partial charge in [-0.3, -0.25) is 0 Å². The van der Waals surface area contributed by atoms with Gasteiger partial charge in [0.25, 0.3) is 5.89 Å². The third-order valence-electron chi connectivity index (χ3n) is 3.25. The van der Waals surface area contributed by atoms with Crippen LogP contribution in [0.1, 0.15) is 30.4 Å². The molecular weight excluding hydrogens is 272 g/mol. The normalized spacial score (nSPS) is 22.2. The molecule has 3 heterocycles. The Labute approximate surface area is 122 Å². The summed E-state index contributed by atoms with van der Waals surface area (Å²) in [6.45, 7) is 3.53. The summed E-state index contributed by atoms with van der Waals surface area (Å²) in [7, 11) is 1.59. The van der Waals surface area contributed by atoms with E-state index in [-0.39, 0.29) is 12.2 Å². The minimum absolute atomic E-state index is 0.138. The van der Waals surface area contributed by atoms with Gasteiger partial charge in [0.05, 0.1) is 25.3 Å². The van der Waals surface area contributed by atoms with E-state index in [0.29, 0.717) is 30.6 Å². The number of aromatic nitrogens is 3. The van der Waals surface area contributed by atoms with Crippen molar-refractivity contribution in [3.05, 3.63) is 35.6 Å². The molecule has 7 heteroatoms. The SMILES string of the molecule is COc1cccc(Cc2noc([C@H]3CNC[C@@H](C)O3)n2)n1. The molecule has 2 aromatic heterocycles. The van der Waals surface area contributed by atoms with E-state index in [9.17, 15) is 0 Å². The molecule has 0 radical (unpaired) electrons. The molecule has 0 saturated carbocycles. The van der Waals surface area contributed by atoms with Crippen molar-refractivity contribution in [3.8, 4) is 5.88 Å². The number of nitrogens with zero attached hydrogens (tertiary/aromatic N) is 3. The summed E-state index contributed by atoms with van der Waals surface area (Å²) in [4.78, 5) is 8.73. The molecule has 21 heavy (non-hydrogen) atoms. The van der Waals surface area contributed by atoms with Gasteiger partial charge in [0.2, 0.25) is 5.88 Å². The quantitative estimate of drug-likeness (QED) is 0.903. The summed E-state index contributed by atoms with van der Waals surface area (Å²) in [5.74, 6) is 1.67. The molecule has 1 aliphatic rings. The fourth-order valence-corrected chi connectivity index (χ4v) is 2.24. The third kappa shape index (κ3) is 3.37. The summed E-state index contributed by atoms with van der Waals surface area (Å²) in [5.41, 5.74) is 0.831. The third-order valence-corrected chi connectivity index (χ3v) is 3.25. The number of pyridine rings is 1. The van der Waals surface area contributed by atoms with Crippen LogP contribution in [0.4, 0.5) is 0 Å². The van der Waals surface area contributed by atoms with Gasteiger partial charge in [0.15, 0.2) is 5.82 Å². The van der Waals surface area contributed by atoms with Gasteiger partial charge in [-0.25, -0.2) is 4.98 Å². The molecule has 0 amide bonds. The molecule has 2 atom stereocenters. The Morgan fingerprint density at radius 1 is 1.33 bits per heavy atom. The van der Waals surface area contributed by atoms with Crippen LogP contribution in [-0.4, -0.2) is 41.4 Å². The highest BCUT2D eigenvalue weighted by Gasteiger charge is 2.25. The average molecular weight is 290 g/mol. The smallest absolute Gasteiger partial charge is 0.257 e. The number of hydrogen-bond donors (Lipinski definition) is 1. The molecule has 1 N–H and O–H groups in total. The van der Waals surface area contributed by atoms with Gasteiger partial charge in [-0.15, -0.1) is 0 Å². The zero-order valence-corrected chi connectivity index (χ0v) is 12.1. The fraction of sp³-hybridized carbons (Fsp3) is 0.500. The lowest BCUT2D eigenvalue weighted by atomic mass is 10.2. The molecule has 1 fully saturated rings. The summed E-state index contributed by atoms with van der Waals surface area (Å²) in [6.07, 6.45) is 0.448. The maximum absolute atomic E-state index is 5.78. The van der Waals surface area contributed by atoms with Crippen molar-refractivity contribution >= 4 is 0 Å². The Morgan fingerprint density at radius 3 is 3.05 bits per heavy atom. The maximum atomic E-state index is 5.78. The second kappa shape index (κ2) is 6.19. The molecule has 0 aliphatic carbocycles. The number of morpholine rings is 1. The van der Waals surface area contributed by atoms with Crippen molar-refractivity contribution in [2.75, 3.05) is 20.2 Å². The molecule has 0 unspecified atom stereocenters. The Balaban J connectivity index is 1.69. The van der Waals surface area contributed by atoms with Crippen molar-refractivity contribution in [1.29, 1.82) is 0 Å². The number of hydrogen-bond acceptors (Lipinski definition) is 7. The predicted molar refractivity (Wildman–Crippen MR) is 74.1 cm³/mol. The van der Waals surface area contributed by atoms with Crippen LogP contribution in [0.3, 0.4) is 0 Å². The number of methoxy groups -OCH3 is 1. The molecule has 1 aliphatic heterocycles. The van der Waals surface area contributed by atoms with Crippen LogP contribution in [0.15, 0.2) is 22.7 Å². The second-order valence-corrected chi connectivity index (χ2v) is 4.99. The molecule has 0 spiro atoms. The first-order chi connectivity index (χ1) is 10.2. The van der Waals surface area contributed by atoms with Gasteiger partial charge in [-0.1, -0.05) is 11.2 Å². The first kappa shape index (κ1) is 14.0. The minimum Gasteiger partial charge on any atom is -0.481 e. The molecule has 0 bridgehead atoms. The van der Waals surface area contributed by atoms with Crippen molar-refractivity contribution in [1.82, 2.24) is 20.4 Å². The lowest BCUT2D eigenvalue weighted by Gasteiger charge is -2.25. The molecule has 7 nitrogen and oxygen atoms in total. The van der Waals surface area contributed by atoms with Crippen LogP contribution in [0.25, 0.3) is 0 Å². The Morgan fingerprint density at radius 2 is 2.24 bits per heavy atom. The number of nitrogens with one attached hydrogen (secondary N) is 1. The van der Waals surface area contributed by atoms with E-state index in [1.807, 2.05) is 19.1 Å². The van der Waals surface area contributed by atoms with Crippen LogP contribution in [0.2, 0.25) is 0 Å². The topological polar surface area (TPSA) is 82.3 Å². The summed E-state index contributed by atoms with van der Waals surface area (Å²) in [6, 6.07) is 5.59. The van der Waals surface area contributed by atoms with Gasteiger partial charge < -0.3 is 19.3 Å². The summed E-state index contributed by atoms with van der Waals surface area (Å²) in [5, 5.41) is 7.27. The highest BCUT2D eigenvalue weighted by atomic mass is 16.5. The zero-order valence-electron chi connectivity index (χ0n) is 12.1. The maximum Gasteiger partial charge on any atom is 0.257 e. The largest absolute Gasteiger partial charge is 0.481 e. The molecule has 112 valence electrons. The van der Waals surface area contributed by atoms with E-state index < -0.39 is 0 Å². The first-order valence-electron chi connectivity index (χ1n) is 6.93. The fourth-order valence-electron chi connectivity index (χ4n) is 2.24. The van der Waals surface area contributed by atoms with Crippen LogP contribution in [-0.2, 0) is 11.2 Å². The molecule has 2 aromatic rings. The lowest BCUT2D eigenvalue weighted by Crippen LogP contribution is -2.39. The highest BCUT2D eigenvalue weighted by molar-refractivity contribution is 5.18. The van der Waals surface area contributed by atoms with Gasteiger partial charge in [-0.2, -0.15) is 4.98 Å². The Bertz CT molecular complexity index is 601. The highest BCUT2D eigenvalue weighted by Crippen LogP contribution is 2.20. The first-order valence-corrected chi connectivity index (χ1v) is 6.93. The van der Waals surface area contributed by atoms with Crippen molar-refractivity contribution in [3.63, 3.8) is 0 Å². The Kier molecular flexibility index (Phi) is 4.12. The van der Waals surface area contributed by atoms with Crippen molar-refractivity contribution in [2.45, 2.75) is 25.6 Å². The van der Waals surface area contributed by atoms with E-state index in [1.165, 1.54) is 0 Å². The second-order valence-electron chi connectivity index (χ2n) is 4.99. The van der Waals surface area contributed by atoms with Crippen LogP contribution < -0.4 is 10.1 Å². The van der Waals surface area contributed by atoms with E-state index >= 15 is 0 Å². The Hall–Kier alpha value is -1.99. The predicted octanol–water partition coefficient (Wildman–Crippen LogP) is 1.11. The van der Waals surface area contributed by atoms with Gasteiger partial charge in [0, 0.05) is 19.2 Å². The summed E-state index contributed by atoms with van der Waals surface area (Å²) >= 11 is 0. The van der Waals surface area contributed by atoms with E-state index in [4.69, 9.17) is 14.0 Å². The van der Waals surface area contributed by atoms with E-state index in [2.05, 4.69) is 20.4 Å². The number of rotatable bonds is 4. The number of ether oxygens (including phenoxy) is 2. The zero-order chi connectivity index (χ0) is 14.7. The van der Waals surface area contributed by atoms with E-state index in [1.54, 1.807) is 13.2 Å². The standard InChI is InChI=1S/C14H18N4O3/c1-9-7-15-8-11(20-9)14-17-12(18-21-14)6-10-4-3-5-13(16-10)19-2/h3-5,9,11,15H,6-8H2,1-2H3/t9-,11-/m1/s1. The van der Waals surface area contributed by atoms with Gasteiger partial charge >= 0.3 is 0 Å². The molecule has 3 rings (SSSR count). The molecule has 1 saturated heterocycles. The van der Waals surface area contributed by atoms with E-state index in [0.717, 1.165) is 12.2 Å². The van der Waals surface area contributed by atoms with Gasteiger partial charge in [0.1, 0.15) is 6.10 Å². The minimum atomic E-state index is -0.187. The van der Waals surface area contributed by atoms with Crippen LogP contribution in [0, 0.1) is 0 Å². The van der Waals surface area contributed by atoms with Crippen LogP contribution >= 0.6 is 0 Å². The summed E-state index contributed by atoms with van der Waals surface area (Å²) < 4.78 is 16.2. The monoisotopic (exact) mass is 290 g/mol. The molecule has 0 aromatic carbocycles. The average Bonchev–Trinajstić information content (AvgIpc) is 2.96. The van der Waals surface area contributed by atoms with Crippen LogP contribution in [0.5, 0.6) is 5.88 Å². The molecular formula is C14H18N4O3. The van der Waals surface area contributed by atoms with Gasteiger partial charge in [-0.05, 0) is 13.0 Å². The van der Waals surface area contributed by atoms with Crippen molar-refractivity contribution in [2.24, 2.45) is 0 Å². The lowest BCUT2D eigenvalue weighted by molar-refractivity contribution is -0.0438. The van der Waals surface area contributed by atoms with Crippen molar-refractivity contribution < 1.29 is 14.0 Å².